The lowest BCUT2D eigenvalue weighted by atomic mass is 9.88. The van der Waals surface area contributed by atoms with E-state index in [1.54, 1.807) is 60.7 Å². The van der Waals surface area contributed by atoms with Gasteiger partial charge in [-0.3, -0.25) is 9.89 Å². The van der Waals surface area contributed by atoms with Gasteiger partial charge in [-0.1, -0.05) is 49.4 Å². The van der Waals surface area contributed by atoms with E-state index >= 15 is 0 Å². The summed E-state index contributed by atoms with van der Waals surface area (Å²) in [7, 11) is 0. The van der Waals surface area contributed by atoms with Crippen LogP contribution in [0, 0.1) is 5.95 Å². The summed E-state index contributed by atoms with van der Waals surface area (Å²) in [6.45, 7) is 2.26. The number of hydrogen-bond acceptors (Lipinski definition) is 4. The van der Waals surface area contributed by atoms with Crippen molar-refractivity contribution in [3.63, 3.8) is 0 Å². The Hall–Kier alpha value is -4.27. The fraction of sp³-hybridized carbons (Fsp3) is 0.281. The number of benzene rings is 2. The van der Waals surface area contributed by atoms with Crippen molar-refractivity contribution in [3.8, 4) is 5.88 Å². The van der Waals surface area contributed by atoms with Gasteiger partial charge in [-0.05, 0) is 72.2 Å². The number of nitrogens with zero attached hydrogens (tertiary/aromatic N) is 2. The predicted molar refractivity (Wildman–Crippen MR) is 152 cm³/mol. The summed E-state index contributed by atoms with van der Waals surface area (Å²) in [5.41, 5.74) is 1.97. The lowest BCUT2D eigenvalue weighted by Gasteiger charge is -2.19. The molecule has 214 valence electrons. The number of hydrogen-bond donors (Lipinski definition) is 1. The van der Waals surface area contributed by atoms with Crippen molar-refractivity contribution in [1.82, 2.24) is 15.2 Å². The summed E-state index contributed by atoms with van der Waals surface area (Å²) < 4.78 is 61.7. The van der Waals surface area contributed by atoms with Crippen molar-refractivity contribution in [2.45, 2.75) is 51.6 Å². The largest absolute Gasteiger partial charge is 0.478 e. The third-order valence-corrected chi connectivity index (χ3v) is 6.54. The van der Waals surface area contributed by atoms with Crippen LogP contribution in [-0.4, -0.2) is 33.7 Å². The Balaban J connectivity index is 1.59. The van der Waals surface area contributed by atoms with E-state index in [9.17, 15) is 22.4 Å². The van der Waals surface area contributed by atoms with E-state index in [-0.39, 0.29) is 16.7 Å². The zero-order valence-electron chi connectivity index (χ0n) is 22.7. The number of ketones is 1. The van der Waals surface area contributed by atoms with Crippen molar-refractivity contribution in [1.29, 1.82) is 0 Å². The van der Waals surface area contributed by atoms with Gasteiger partial charge >= 0.3 is 6.18 Å². The van der Waals surface area contributed by atoms with Gasteiger partial charge in [-0.15, -0.1) is 0 Å². The minimum absolute atomic E-state index is 0.0477. The average Bonchev–Trinajstić information content (AvgIpc) is 3.34. The second-order valence-corrected chi connectivity index (χ2v) is 9.59. The maximum absolute atomic E-state index is 14.4. The Kier molecular flexibility index (Phi) is 10.1. The molecule has 0 fully saturated rings. The zero-order valence-corrected chi connectivity index (χ0v) is 22.7. The van der Waals surface area contributed by atoms with E-state index < -0.39 is 18.5 Å². The molecule has 0 aliphatic rings. The van der Waals surface area contributed by atoms with Crippen LogP contribution in [-0.2, 0) is 4.79 Å². The molecule has 0 atom stereocenters. The molecule has 0 amide bonds. The standard InChI is InChI=1S/C32H31F4N3O2/c1-2-25(40)13-9-4-3-5-10-18-41-29-17-15-24(21-37-29)30(23-14-16-28-26(19-23)31(33)39-38-28)27(20-32(34,35)36)22-11-7-6-8-12-22/h6-9,11-17,19,21H,2-5,10,18,20H2,1H3,(H,38,39)/b13-9+,30-27-. The number of allylic oxidation sites excluding steroid dienone is 3. The molecule has 0 saturated carbocycles. The highest BCUT2D eigenvalue weighted by Crippen LogP contribution is 2.40. The number of carbonyl (C=O) groups is 1. The summed E-state index contributed by atoms with van der Waals surface area (Å²) in [5.74, 6) is -0.190. The van der Waals surface area contributed by atoms with Crippen molar-refractivity contribution in [2.75, 3.05) is 6.61 Å². The summed E-state index contributed by atoms with van der Waals surface area (Å²) in [6.07, 6.45) is 3.29. The summed E-state index contributed by atoms with van der Waals surface area (Å²) in [4.78, 5) is 15.7. The van der Waals surface area contributed by atoms with Crippen LogP contribution in [0.1, 0.15) is 62.1 Å². The Bertz CT molecular complexity index is 1510. The zero-order chi connectivity index (χ0) is 29.2. The first-order valence-corrected chi connectivity index (χ1v) is 13.5. The number of nitrogens with one attached hydrogen (secondary N) is 1. The fourth-order valence-electron chi connectivity index (χ4n) is 4.49. The third kappa shape index (κ3) is 8.36. The Morgan fingerprint density at radius 3 is 2.46 bits per heavy atom. The quantitative estimate of drug-likeness (QED) is 0.0764. The second kappa shape index (κ2) is 13.9. The summed E-state index contributed by atoms with van der Waals surface area (Å²) >= 11 is 0. The highest BCUT2D eigenvalue weighted by Gasteiger charge is 2.31. The average molecular weight is 566 g/mol. The monoisotopic (exact) mass is 565 g/mol. The molecule has 0 aliphatic heterocycles. The number of fused-ring (bicyclic) bond motifs is 1. The minimum atomic E-state index is -4.49. The molecule has 0 radical (unpaired) electrons. The molecule has 5 nitrogen and oxygen atoms in total. The Labute approximate surface area is 236 Å². The molecule has 1 N–H and O–H groups in total. The van der Waals surface area contributed by atoms with Crippen molar-refractivity contribution in [3.05, 3.63) is 102 Å². The third-order valence-electron chi connectivity index (χ3n) is 6.54. The highest BCUT2D eigenvalue weighted by atomic mass is 19.4. The molecule has 4 rings (SSSR count). The van der Waals surface area contributed by atoms with Crippen LogP contribution >= 0.6 is 0 Å². The number of ether oxygens (including phenoxy) is 1. The second-order valence-electron chi connectivity index (χ2n) is 9.59. The van der Waals surface area contributed by atoms with Gasteiger partial charge in [0.25, 0.3) is 0 Å². The van der Waals surface area contributed by atoms with Crippen LogP contribution in [0.3, 0.4) is 0 Å². The first-order valence-electron chi connectivity index (χ1n) is 13.5. The lowest BCUT2D eigenvalue weighted by Crippen LogP contribution is -2.10. The van der Waals surface area contributed by atoms with Crippen LogP contribution in [0.5, 0.6) is 5.88 Å². The molecule has 2 aromatic carbocycles. The summed E-state index contributed by atoms with van der Waals surface area (Å²) in [5, 5.41) is 6.35. The van der Waals surface area contributed by atoms with E-state index in [0.717, 1.165) is 25.7 Å². The first kappa shape index (κ1) is 29.7. The number of aromatic amines is 1. The van der Waals surface area contributed by atoms with Gasteiger partial charge in [0, 0.05) is 24.2 Å². The molecular weight excluding hydrogens is 534 g/mol. The number of H-pyrrole nitrogens is 1. The van der Waals surface area contributed by atoms with Gasteiger partial charge in [0.2, 0.25) is 11.8 Å². The van der Waals surface area contributed by atoms with Gasteiger partial charge in [0.05, 0.1) is 23.9 Å². The van der Waals surface area contributed by atoms with E-state index in [4.69, 9.17) is 4.74 Å². The van der Waals surface area contributed by atoms with Crippen LogP contribution in [0.15, 0.2) is 79.0 Å². The van der Waals surface area contributed by atoms with Crippen molar-refractivity contribution >= 4 is 27.8 Å². The number of unbranched alkanes of at least 4 members (excludes halogenated alkanes) is 3. The van der Waals surface area contributed by atoms with E-state index in [1.165, 1.54) is 12.3 Å². The minimum Gasteiger partial charge on any atom is -0.478 e. The smallest absolute Gasteiger partial charge is 0.393 e. The maximum atomic E-state index is 14.4. The van der Waals surface area contributed by atoms with Crippen LogP contribution in [0.2, 0.25) is 0 Å². The van der Waals surface area contributed by atoms with Crippen LogP contribution < -0.4 is 4.74 Å². The number of rotatable bonds is 13. The maximum Gasteiger partial charge on any atom is 0.393 e. The molecule has 41 heavy (non-hydrogen) atoms. The van der Waals surface area contributed by atoms with Gasteiger partial charge in [0.15, 0.2) is 5.78 Å². The molecule has 0 aliphatic carbocycles. The number of aromatic nitrogens is 3. The van der Waals surface area contributed by atoms with Gasteiger partial charge < -0.3 is 4.74 Å². The predicted octanol–water partition coefficient (Wildman–Crippen LogP) is 8.48. The topological polar surface area (TPSA) is 67.9 Å². The van der Waals surface area contributed by atoms with Gasteiger partial charge in [0.1, 0.15) is 0 Å². The molecule has 4 aromatic rings. The molecule has 0 saturated heterocycles. The number of alkyl halides is 3. The van der Waals surface area contributed by atoms with Crippen LogP contribution in [0.4, 0.5) is 17.6 Å². The number of carbonyl (C=O) groups excluding carboxylic acids is 1. The fourth-order valence-corrected chi connectivity index (χ4v) is 4.49. The number of pyridine rings is 1. The molecule has 2 aromatic heterocycles. The van der Waals surface area contributed by atoms with E-state index in [2.05, 4.69) is 15.2 Å². The SMILES string of the molecule is CCC(=O)/C=C/CCCCCOc1ccc(/C(=C(/CC(F)(F)F)c2ccccc2)c2ccc3n[nH]c(F)c3c2)cn1. The lowest BCUT2D eigenvalue weighted by molar-refractivity contribution is -0.123. The van der Waals surface area contributed by atoms with E-state index in [0.29, 0.717) is 46.7 Å². The first-order chi connectivity index (χ1) is 19.7. The van der Waals surface area contributed by atoms with Gasteiger partial charge in [-0.2, -0.15) is 22.7 Å². The van der Waals surface area contributed by atoms with Gasteiger partial charge in [-0.25, -0.2) is 4.98 Å². The van der Waals surface area contributed by atoms with Crippen LogP contribution in [0.25, 0.3) is 22.0 Å². The van der Waals surface area contributed by atoms with E-state index in [1.807, 2.05) is 13.0 Å². The molecule has 2 heterocycles. The molecule has 0 spiro atoms. The highest BCUT2D eigenvalue weighted by molar-refractivity contribution is 6.00. The summed E-state index contributed by atoms with van der Waals surface area (Å²) in [6, 6.07) is 16.3. The molecule has 0 unspecified atom stereocenters. The van der Waals surface area contributed by atoms with Crippen molar-refractivity contribution < 1.29 is 27.1 Å². The molecule has 0 bridgehead atoms. The number of halogens is 4. The Morgan fingerprint density at radius 1 is 0.976 bits per heavy atom. The molecule has 9 heteroatoms. The molecular formula is C32H31F4N3O2. The Morgan fingerprint density at radius 2 is 1.76 bits per heavy atom. The normalized spacial score (nSPS) is 12.6. The van der Waals surface area contributed by atoms with Crippen molar-refractivity contribution in [2.24, 2.45) is 0 Å².